The summed E-state index contributed by atoms with van der Waals surface area (Å²) in [7, 11) is 0. The number of nitro groups is 1. The van der Waals surface area contributed by atoms with Crippen LogP contribution in [-0.4, -0.2) is 57.6 Å². The zero-order valence-electron chi connectivity index (χ0n) is 15.3. The van der Waals surface area contributed by atoms with Crippen molar-refractivity contribution in [3.05, 3.63) is 52.0 Å². The average Bonchev–Trinajstić information content (AvgIpc) is 2.65. The first-order valence-corrected chi connectivity index (χ1v) is 9.64. The third kappa shape index (κ3) is 4.73. The second-order valence-corrected chi connectivity index (χ2v) is 7.29. The van der Waals surface area contributed by atoms with Crippen LogP contribution in [0.25, 0.3) is 0 Å². The van der Waals surface area contributed by atoms with Gasteiger partial charge in [0, 0.05) is 37.9 Å². The highest BCUT2D eigenvalue weighted by Crippen LogP contribution is 2.28. The molecule has 3 rings (SSSR count). The summed E-state index contributed by atoms with van der Waals surface area (Å²) in [5, 5.41) is 12.0. The number of rotatable bonds is 5. The number of hydrogen-bond donors (Lipinski definition) is 0. The van der Waals surface area contributed by atoms with Crippen molar-refractivity contribution in [2.24, 2.45) is 0 Å². The van der Waals surface area contributed by atoms with Crippen molar-refractivity contribution in [3.63, 3.8) is 0 Å². The second-order valence-electron chi connectivity index (χ2n) is 6.30. The van der Waals surface area contributed by atoms with Crippen molar-refractivity contribution in [2.45, 2.75) is 18.9 Å². The molecule has 0 unspecified atom stereocenters. The molecule has 1 aliphatic rings. The summed E-state index contributed by atoms with van der Waals surface area (Å²) in [6, 6.07) is 8.59. The molecule has 2 heterocycles. The Balaban J connectivity index is 1.56. The average molecular weight is 387 g/mol. The predicted octanol–water partition coefficient (Wildman–Crippen LogP) is 2.44. The first-order valence-electron chi connectivity index (χ1n) is 8.65. The van der Waals surface area contributed by atoms with E-state index in [0.29, 0.717) is 43.4 Å². The second kappa shape index (κ2) is 8.34. The lowest BCUT2D eigenvalue weighted by Crippen LogP contribution is -2.49. The van der Waals surface area contributed by atoms with E-state index in [9.17, 15) is 14.9 Å². The molecule has 0 radical (unpaired) electrons. The molecule has 2 aromatic rings. The summed E-state index contributed by atoms with van der Waals surface area (Å²) in [6.07, 6.45) is 0. The number of nitro benzene ring substituents is 1. The van der Waals surface area contributed by atoms with Crippen LogP contribution >= 0.6 is 11.8 Å². The number of aromatic nitrogens is 2. The van der Waals surface area contributed by atoms with Crippen LogP contribution in [0.1, 0.15) is 11.5 Å². The molecular weight excluding hydrogens is 366 g/mol. The third-order valence-corrected chi connectivity index (χ3v) is 5.23. The van der Waals surface area contributed by atoms with Crippen LogP contribution in [0.5, 0.6) is 0 Å². The fourth-order valence-electron chi connectivity index (χ4n) is 3.07. The summed E-state index contributed by atoms with van der Waals surface area (Å²) < 4.78 is 0. The molecule has 0 aliphatic carbocycles. The fourth-order valence-corrected chi connectivity index (χ4v) is 3.97. The van der Waals surface area contributed by atoms with Gasteiger partial charge in [0.2, 0.25) is 5.91 Å². The molecule has 0 spiro atoms. The topological polar surface area (TPSA) is 92.5 Å². The molecule has 1 fully saturated rings. The van der Waals surface area contributed by atoms with Gasteiger partial charge in [-0.25, -0.2) is 9.97 Å². The maximum Gasteiger partial charge on any atom is 0.292 e. The summed E-state index contributed by atoms with van der Waals surface area (Å²) in [5.74, 6) is 1.07. The largest absolute Gasteiger partial charge is 0.362 e. The van der Waals surface area contributed by atoms with Crippen molar-refractivity contribution < 1.29 is 9.72 Å². The quantitative estimate of drug-likeness (QED) is 0.337. The van der Waals surface area contributed by atoms with Crippen molar-refractivity contribution >= 4 is 29.0 Å². The standard InChI is InChI=1S/C18H21N5O3S/c1-13-11-17(20-14(2)19-13)27-12-18(24)22-9-7-21(8-10-22)15-5-3-4-6-16(15)23(25)26/h3-6,11H,7-10,12H2,1-2H3. The molecule has 142 valence electrons. The first kappa shape index (κ1) is 19.1. The van der Waals surface area contributed by atoms with Gasteiger partial charge in [-0.05, 0) is 26.0 Å². The molecule has 27 heavy (non-hydrogen) atoms. The number of piperazine rings is 1. The number of thioether (sulfide) groups is 1. The van der Waals surface area contributed by atoms with Gasteiger partial charge in [-0.2, -0.15) is 0 Å². The first-order chi connectivity index (χ1) is 12.9. The molecule has 8 nitrogen and oxygen atoms in total. The summed E-state index contributed by atoms with van der Waals surface area (Å²) in [6.45, 7) is 5.99. The van der Waals surface area contributed by atoms with Gasteiger partial charge in [-0.3, -0.25) is 14.9 Å². The Morgan fingerprint density at radius 3 is 2.56 bits per heavy atom. The van der Waals surface area contributed by atoms with E-state index in [1.165, 1.54) is 17.8 Å². The highest BCUT2D eigenvalue weighted by Gasteiger charge is 2.25. The zero-order valence-corrected chi connectivity index (χ0v) is 16.1. The van der Waals surface area contributed by atoms with Crippen LogP contribution in [0.3, 0.4) is 0 Å². The Morgan fingerprint density at radius 2 is 1.89 bits per heavy atom. The van der Waals surface area contributed by atoms with Crippen LogP contribution in [0.4, 0.5) is 11.4 Å². The zero-order chi connectivity index (χ0) is 19.4. The summed E-state index contributed by atoms with van der Waals surface area (Å²) >= 11 is 1.41. The molecular formula is C18H21N5O3S. The van der Waals surface area contributed by atoms with Crippen molar-refractivity contribution in [1.29, 1.82) is 0 Å². The van der Waals surface area contributed by atoms with E-state index in [4.69, 9.17) is 0 Å². The molecule has 1 amide bonds. The molecule has 1 aromatic carbocycles. The molecule has 9 heteroatoms. The van der Waals surface area contributed by atoms with E-state index >= 15 is 0 Å². The monoisotopic (exact) mass is 387 g/mol. The molecule has 1 aliphatic heterocycles. The van der Waals surface area contributed by atoms with Gasteiger partial charge in [0.05, 0.1) is 10.7 Å². The van der Waals surface area contributed by atoms with Gasteiger partial charge in [0.1, 0.15) is 16.5 Å². The number of benzene rings is 1. The van der Waals surface area contributed by atoms with Crippen molar-refractivity contribution in [3.8, 4) is 0 Å². The lowest BCUT2D eigenvalue weighted by molar-refractivity contribution is -0.384. The normalized spacial score (nSPS) is 14.3. The van der Waals surface area contributed by atoms with E-state index in [0.717, 1.165) is 10.7 Å². The van der Waals surface area contributed by atoms with Crippen LogP contribution in [0, 0.1) is 24.0 Å². The Kier molecular flexibility index (Phi) is 5.90. The van der Waals surface area contributed by atoms with E-state index < -0.39 is 0 Å². The van der Waals surface area contributed by atoms with Gasteiger partial charge >= 0.3 is 0 Å². The Hall–Kier alpha value is -2.68. The van der Waals surface area contributed by atoms with Crippen molar-refractivity contribution in [1.82, 2.24) is 14.9 Å². The predicted molar refractivity (Wildman–Crippen MR) is 104 cm³/mol. The van der Waals surface area contributed by atoms with E-state index in [2.05, 4.69) is 9.97 Å². The van der Waals surface area contributed by atoms with Gasteiger partial charge in [0.25, 0.3) is 5.69 Å². The van der Waals surface area contributed by atoms with E-state index in [1.807, 2.05) is 24.8 Å². The van der Waals surface area contributed by atoms with Crippen LogP contribution in [0.15, 0.2) is 35.4 Å². The molecule has 0 N–H and O–H groups in total. The van der Waals surface area contributed by atoms with E-state index in [-0.39, 0.29) is 16.5 Å². The molecule has 1 aromatic heterocycles. The highest BCUT2D eigenvalue weighted by atomic mass is 32.2. The Morgan fingerprint density at radius 1 is 1.19 bits per heavy atom. The summed E-state index contributed by atoms with van der Waals surface area (Å²) in [5.41, 5.74) is 1.59. The Bertz CT molecular complexity index is 832. The van der Waals surface area contributed by atoms with Gasteiger partial charge in [-0.1, -0.05) is 23.9 Å². The number of hydrogen-bond acceptors (Lipinski definition) is 7. The number of amides is 1. The number of nitrogens with zero attached hydrogens (tertiary/aromatic N) is 5. The number of para-hydroxylation sites is 2. The highest BCUT2D eigenvalue weighted by molar-refractivity contribution is 7.99. The van der Waals surface area contributed by atoms with Gasteiger partial charge in [-0.15, -0.1) is 0 Å². The SMILES string of the molecule is Cc1cc(SCC(=O)N2CCN(c3ccccc3[N+](=O)[O-])CC2)nc(C)n1. The van der Waals surface area contributed by atoms with Crippen LogP contribution in [-0.2, 0) is 4.79 Å². The lowest BCUT2D eigenvalue weighted by Gasteiger charge is -2.35. The molecule has 0 bridgehead atoms. The van der Waals surface area contributed by atoms with Gasteiger partial charge < -0.3 is 9.80 Å². The number of carbonyl (C=O) groups excluding carboxylic acids is 1. The number of carbonyl (C=O) groups is 1. The smallest absolute Gasteiger partial charge is 0.292 e. The minimum Gasteiger partial charge on any atom is -0.362 e. The minimum absolute atomic E-state index is 0.0520. The molecule has 0 saturated carbocycles. The maximum absolute atomic E-state index is 12.5. The third-order valence-electron chi connectivity index (χ3n) is 4.34. The van der Waals surface area contributed by atoms with Crippen molar-refractivity contribution in [2.75, 3.05) is 36.8 Å². The molecule has 1 saturated heterocycles. The van der Waals surface area contributed by atoms with Crippen LogP contribution < -0.4 is 4.90 Å². The minimum atomic E-state index is -0.366. The number of aryl methyl sites for hydroxylation is 2. The number of anilines is 1. The van der Waals surface area contributed by atoms with Gasteiger partial charge in [0.15, 0.2) is 0 Å². The molecule has 0 atom stereocenters. The maximum atomic E-state index is 12.5. The van der Waals surface area contributed by atoms with Crippen LogP contribution in [0.2, 0.25) is 0 Å². The summed E-state index contributed by atoms with van der Waals surface area (Å²) in [4.78, 5) is 35.7. The Labute approximate surface area is 161 Å². The lowest BCUT2D eigenvalue weighted by atomic mass is 10.2. The van der Waals surface area contributed by atoms with E-state index in [1.54, 1.807) is 23.1 Å². The fraction of sp³-hybridized carbons (Fsp3) is 0.389.